The molecule has 4 bridgehead atoms. The van der Waals surface area contributed by atoms with E-state index in [1.165, 1.54) is 6.33 Å². The average Bonchev–Trinajstić information content (AvgIpc) is 3.76. The predicted octanol–water partition coefficient (Wildman–Crippen LogP) is 2.52. The first-order valence-electron chi connectivity index (χ1n) is 13.9. The van der Waals surface area contributed by atoms with E-state index in [1.807, 2.05) is 6.92 Å². The molecule has 2 unspecified atom stereocenters. The Hall–Kier alpha value is -1.50. The van der Waals surface area contributed by atoms with Crippen molar-refractivity contribution in [3.05, 3.63) is 11.9 Å². The molecule has 12 heteroatoms. The van der Waals surface area contributed by atoms with Crippen molar-refractivity contribution in [2.45, 2.75) is 131 Å². The van der Waals surface area contributed by atoms with Crippen molar-refractivity contribution in [2.75, 3.05) is 0 Å². The summed E-state index contributed by atoms with van der Waals surface area (Å²) in [5, 5.41) is -0.347. The van der Waals surface area contributed by atoms with Crippen LogP contribution in [0.25, 0.3) is 0 Å². The molecule has 2 saturated carbocycles. The second kappa shape index (κ2) is 8.76. The third kappa shape index (κ3) is 4.26. The number of rotatable bonds is 8. The smallest absolute Gasteiger partial charge is 0.223 e. The molecule has 204 valence electrons. The van der Waals surface area contributed by atoms with E-state index in [0.717, 1.165) is 56.9 Å². The highest BCUT2D eigenvalue weighted by atomic mass is 32.2. The second-order valence-electron chi connectivity index (χ2n) is 11.9. The zero-order valence-corrected chi connectivity index (χ0v) is 22.9. The molecule has 4 saturated heterocycles. The number of ether oxygens (including phenoxy) is 2. The van der Waals surface area contributed by atoms with Crippen LogP contribution in [0.1, 0.15) is 82.6 Å². The minimum absolute atomic E-state index is 0.0137. The standard InChI is InChI=1S/C25H36N4O6S2/c1-15-24(34-20-10-16-2-3-17(11-20)28(16)36(30,31)22-6-7-22)26-14-27-25(15)35-21-12-18-4-5-19(13-21)29(18)37(32,33)23-8-9-23/h14,16-23H,2-13H2,1H3/t16-,17+,18?,19?,20-,21?. The molecule has 4 aliphatic heterocycles. The van der Waals surface area contributed by atoms with Gasteiger partial charge in [-0.05, 0) is 58.3 Å². The van der Waals surface area contributed by atoms with Gasteiger partial charge in [0.25, 0.3) is 0 Å². The molecule has 2 aliphatic carbocycles. The van der Waals surface area contributed by atoms with Crippen LogP contribution >= 0.6 is 0 Å². The van der Waals surface area contributed by atoms with Crippen molar-refractivity contribution < 1.29 is 26.3 Å². The highest BCUT2D eigenvalue weighted by molar-refractivity contribution is 7.90. The van der Waals surface area contributed by atoms with E-state index in [1.54, 1.807) is 8.61 Å². The molecule has 37 heavy (non-hydrogen) atoms. The van der Waals surface area contributed by atoms with Crippen molar-refractivity contribution in [1.82, 2.24) is 18.6 Å². The van der Waals surface area contributed by atoms with Crippen LogP contribution in [-0.2, 0) is 20.0 Å². The summed E-state index contributed by atoms with van der Waals surface area (Å²) < 4.78 is 68.0. The van der Waals surface area contributed by atoms with Crippen LogP contribution in [0.4, 0.5) is 0 Å². The van der Waals surface area contributed by atoms with Gasteiger partial charge < -0.3 is 9.47 Å². The number of fused-ring (bicyclic) bond motifs is 4. The summed E-state index contributed by atoms with van der Waals surface area (Å²) in [5.74, 6) is 0.981. The molecule has 5 heterocycles. The summed E-state index contributed by atoms with van der Waals surface area (Å²) in [6.07, 6.45) is 10.7. The van der Waals surface area contributed by atoms with Crippen LogP contribution < -0.4 is 9.47 Å². The van der Waals surface area contributed by atoms with Gasteiger partial charge in [0.2, 0.25) is 31.8 Å². The summed E-state index contributed by atoms with van der Waals surface area (Å²) in [5.41, 5.74) is 0.739. The molecule has 1 aromatic rings. The highest BCUT2D eigenvalue weighted by Crippen LogP contribution is 2.45. The molecule has 6 aliphatic rings. The Labute approximate surface area is 219 Å². The Kier molecular flexibility index (Phi) is 5.81. The Morgan fingerprint density at radius 2 is 1.00 bits per heavy atom. The van der Waals surface area contributed by atoms with Crippen LogP contribution in [0.5, 0.6) is 11.8 Å². The van der Waals surface area contributed by atoms with Gasteiger partial charge in [0.15, 0.2) is 0 Å². The largest absolute Gasteiger partial charge is 0.474 e. The van der Waals surface area contributed by atoms with Crippen LogP contribution in [0.15, 0.2) is 6.33 Å². The molecule has 0 radical (unpaired) electrons. The fraction of sp³-hybridized carbons (Fsp3) is 0.840. The van der Waals surface area contributed by atoms with Crippen LogP contribution in [0.2, 0.25) is 0 Å². The lowest BCUT2D eigenvalue weighted by Crippen LogP contribution is -2.50. The first-order chi connectivity index (χ1) is 17.7. The van der Waals surface area contributed by atoms with Gasteiger partial charge in [0.1, 0.15) is 18.5 Å². The van der Waals surface area contributed by atoms with E-state index in [4.69, 9.17) is 9.47 Å². The van der Waals surface area contributed by atoms with Crippen LogP contribution in [-0.4, -0.2) is 82.3 Å². The molecule has 1 aromatic heterocycles. The van der Waals surface area contributed by atoms with Gasteiger partial charge in [0, 0.05) is 49.9 Å². The summed E-state index contributed by atoms with van der Waals surface area (Å²) in [6, 6.07) is 0.0548. The molecule has 0 spiro atoms. The third-order valence-corrected chi connectivity index (χ3v) is 14.3. The average molecular weight is 553 g/mol. The topological polar surface area (TPSA) is 119 Å². The Morgan fingerprint density at radius 1 is 0.649 bits per heavy atom. The number of sulfonamides is 2. The number of piperidine rings is 2. The van der Waals surface area contributed by atoms with Crippen LogP contribution in [0.3, 0.4) is 0 Å². The molecule has 6 fully saturated rings. The molecule has 10 nitrogen and oxygen atoms in total. The zero-order valence-electron chi connectivity index (χ0n) is 21.2. The number of nitrogens with zero attached hydrogens (tertiary/aromatic N) is 4. The van der Waals surface area contributed by atoms with E-state index in [0.29, 0.717) is 37.4 Å². The number of hydrogen-bond donors (Lipinski definition) is 0. The number of hydrogen-bond acceptors (Lipinski definition) is 8. The maximum absolute atomic E-state index is 12.9. The van der Waals surface area contributed by atoms with Crippen molar-refractivity contribution in [2.24, 2.45) is 0 Å². The van der Waals surface area contributed by atoms with Crippen molar-refractivity contribution >= 4 is 20.0 Å². The first-order valence-corrected chi connectivity index (χ1v) is 16.9. The molecule has 0 N–H and O–H groups in total. The maximum Gasteiger partial charge on any atom is 0.223 e. The van der Waals surface area contributed by atoms with Gasteiger partial charge in [0.05, 0.1) is 16.1 Å². The third-order valence-electron chi connectivity index (χ3n) is 9.27. The first kappa shape index (κ1) is 24.5. The molecule has 7 rings (SSSR count). The fourth-order valence-corrected chi connectivity index (χ4v) is 11.8. The number of aromatic nitrogens is 2. The molecular weight excluding hydrogens is 516 g/mol. The lowest BCUT2D eigenvalue weighted by molar-refractivity contribution is 0.0834. The lowest BCUT2D eigenvalue weighted by atomic mass is 10.0. The monoisotopic (exact) mass is 552 g/mol. The van der Waals surface area contributed by atoms with E-state index in [-0.39, 0.29) is 46.9 Å². The van der Waals surface area contributed by atoms with E-state index < -0.39 is 20.0 Å². The van der Waals surface area contributed by atoms with Gasteiger partial charge in [-0.1, -0.05) is 0 Å². The molecule has 0 aromatic carbocycles. The maximum atomic E-state index is 12.9. The van der Waals surface area contributed by atoms with Crippen molar-refractivity contribution in [3.8, 4) is 11.8 Å². The van der Waals surface area contributed by atoms with Gasteiger partial charge in [-0.3, -0.25) is 0 Å². The normalized spacial score (nSPS) is 36.6. The molecule has 0 amide bonds. The minimum Gasteiger partial charge on any atom is -0.474 e. The molecule has 5 atom stereocenters. The highest BCUT2D eigenvalue weighted by Gasteiger charge is 2.53. The van der Waals surface area contributed by atoms with E-state index >= 15 is 0 Å². The van der Waals surface area contributed by atoms with Crippen LogP contribution in [0, 0.1) is 6.92 Å². The Bertz CT molecular complexity index is 1160. The van der Waals surface area contributed by atoms with E-state index in [9.17, 15) is 16.8 Å². The summed E-state index contributed by atoms with van der Waals surface area (Å²) in [4.78, 5) is 8.77. The van der Waals surface area contributed by atoms with Gasteiger partial charge in [-0.15, -0.1) is 0 Å². The fourth-order valence-electron chi connectivity index (χ4n) is 7.24. The summed E-state index contributed by atoms with van der Waals surface area (Å²) in [6.45, 7) is 1.90. The van der Waals surface area contributed by atoms with Gasteiger partial charge >= 0.3 is 0 Å². The summed E-state index contributed by atoms with van der Waals surface area (Å²) in [7, 11) is -6.36. The van der Waals surface area contributed by atoms with Gasteiger partial charge in [-0.2, -0.15) is 8.61 Å². The Balaban J connectivity index is 1.01. The summed E-state index contributed by atoms with van der Waals surface area (Å²) >= 11 is 0. The quantitative estimate of drug-likeness (QED) is 0.483. The second-order valence-corrected chi connectivity index (χ2v) is 16.2. The van der Waals surface area contributed by atoms with Crippen molar-refractivity contribution in [3.63, 3.8) is 0 Å². The molecular formula is C25H36N4O6S2. The van der Waals surface area contributed by atoms with E-state index in [2.05, 4.69) is 9.97 Å². The van der Waals surface area contributed by atoms with Crippen molar-refractivity contribution in [1.29, 1.82) is 0 Å². The predicted molar refractivity (Wildman–Crippen MR) is 135 cm³/mol. The SMILES string of the molecule is Cc1c(OC2CC3CCC(C2)N3S(=O)(=O)C2CC2)ncnc1O[C@@H]1C[C@H]2CC[C@@H](C1)N2S(=O)(=O)C1CC1. The Morgan fingerprint density at radius 3 is 1.32 bits per heavy atom. The van der Waals surface area contributed by atoms with Gasteiger partial charge in [-0.25, -0.2) is 26.8 Å². The lowest BCUT2D eigenvalue weighted by Gasteiger charge is -2.38. The minimum atomic E-state index is -3.18. The zero-order chi connectivity index (χ0) is 25.5.